The molecule has 1 atom stereocenters. The summed E-state index contributed by atoms with van der Waals surface area (Å²) in [4.78, 5) is 25.8. The number of esters is 1. The van der Waals surface area contributed by atoms with Gasteiger partial charge in [-0.15, -0.1) is 0 Å². The summed E-state index contributed by atoms with van der Waals surface area (Å²) in [5.41, 5.74) is 2.03. The summed E-state index contributed by atoms with van der Waals surface area (Å²) >= 11 is 0. The molecule has 0 saturated heterocycles. The fourth-order valence-corrected chi connectivity index (χ4v) is 4.31. The molecule has 0 unspecified atom stereocenters. The third-order valence-corrected chi connectivity index (χ3v) is 5.87. The van der Waals surface area contributed by atoms with E-state index in [-0.39, 0.29) is 40.4 Å². The maximum Gasteiger partial charge on any atom is 0.312 e. The molecular weight excluding hydrogens is 424 g/mol. The number of hydrogen-bond donors (Lipinski definition) is 1. The predicted molar refractivity (Wildman–Crippen MR) is 121 cm³/mol. The van der Waals surface area contributed by atoms with Gasteiger partial charge in [-0.25, -0.2) is 0 Å². The van der Waals surface area contributed by atoms with Crippen molar-refractivity contribution in [3.8, 4) is 34.1 Å². The molecule has 33 heavy (non-hydrogen) atoms. The maximum atomic E-state index is 13.5. The molecular formula is C26H20O7. The molecule has 1 aliphatic heterocycles. The van der Waals surface area contributed by atoms with Gasteiger partial charge < -0.3 is 23.7 Å². The number of carbonyl (C=O) groups is 1. The Bertz CT molecular complexity index is 1440. The van der Waals surface area contributed by atoms with Crippen molar-refractivity contribution in [2.24, 2.45) is 0 Å². The lowest BCUT2D eigenvalue weighted by molar-refractivity contribution is -0.135. The van der Waals surface area contributed by atoms with E-state index in [0.29, 0.717) is 22.6 Å². The second-order valence-electron chi connectivity index (χ2n) is 7.70. The fourth-order valence-electron chi connectivity index (χ4n) is 4.31. The highest BCUT2D eigenvalue weighted by Crippen LogP contribution is 2.45. The van der Waals surface area contributed by atoms with Gasteiger partial charge in [0.1, 0.15) is 28.7 Å². The van der Waals surface area contributed by atoms with E-state index in [1.54, 1.807) is 18.2 Å². The summed E-state index contributed by atoms with van der Waals surface area (Å²) in [6.45, 7) is 0. The minimum absolute atomic E-state index is 0.0277. The lowest BCUT2D eigenvalue weighted by Crippen LogP contribution is -2.22. The summed E-state index contributed by atoms with van der Waals surface area (Å²) in [5, 5.41) is 10.7. The van der Waals surface area contributed by atoms with Gasteiger partial charge in [0.05, 0.1) is 26.2 Å². The second-order valence-corrected chi connectivity index (χ2v) is 7.70. The van der Waals surface area contributed by atoms with E-state index < -0.39 is 11.4 Å². The Morgan fingerprint density at radius 3 is 2.45 bits per heavy atom. The van der Waals surface area contributed by atoms with Crippen molar-refractivity contribution in [2.45, 2.75) is 12.3 Å². The van der Waals surface area contributed by atoms with Crippen LogP contribution < -0.4 is 19.6 Å². The van der Waals surface area contributed by atoms with Crippen molar-refractivity contribution < 1.29 is 28.5 Å². The Balaban J connectivity index is 1.75. The van der Waals surface area contributed by atoms with Crippen molar-refractivity contribution in [1.82, 2.24) is 0 Å². The van der Waals surface area contributed by atoms with Gasteiger partial charge in [0, 0.05) is 17.5 Å². The quantitative estimate of drug-likeness (QED) is 0.362. The number of aromatic hydroxyl groups is 1. The largest absolute Gasteiger partial charge is 0.507 e. The third-order valence-electron chi connectivity index (χ3n) is 5.87. The van der Waals surface area contributed by atoms with E-state index in [4.69, 9.17) is 18.6 Å². The van der Waals surface area contributed by atoms with Crippen LogP contribution in [0.25, 0.3) is 22.1 Å². The summed E-state index contributed by atoms with van der Waals surface area (Å²) in [7, 11) is 3.03. The number of carbonyl (C=O) groups excluding carboxylic acids is 1. The first kappa shape index (κ1) is 20.6. The van der Waals surface area contributed by atoms with E-state index in [0.717, 1.165) is 5.56 Å². The van der Waals surface area contributed by atoms with Crippen LogP contribution in [0.1, 0.15) is 23.5 Å². The number of methoxy groups -OCH3 is 2. The van der Waals surface area contributed by atoms with Gasteiger partial charge in [0.25, 0.3) is 0 Å². The van der Waals surface area contributed by atoms with Crippen molar-refractivity contribution in [2.75, 3.05) is 14.2 Å². The smallest absolute Gasteiger partial charge is 0.312 e. The minimum Gasteiger partial charge on any atom is -0.507 e. The normalized spacial score (nSPS) is 15.1. The van der Waals surface area contributed by atoms with E-state index in [9.17, 15) is 14.7 Å². The van der Waals surface area contributed by atoms with Gasteiger partial charge in [-0.1, -0.05) is 36.4 Å². The van der Waals surface area contributed by atoms with Crippen LogP contribution in [-0.2, 0) is 4.79 Å². The first-order valence-corrected chi connectivity index (χ1v) is 10.3. The van der Waals surface area contributed by atoms with Gasteiger partial charge in [-0.05, 0) is 23.3 Å². The topological polar surface area (TPSA) is 95.2 Å². The van der Waals surface area contributed by atoms with E-state index >= 15 is 0 Å². The van der Waals surface area contributed by atoms with Crippen LogP contribution in [0, 0.1) is 0 Å². The van der Waals surface area contributed by atoms with Gasteiger partial charge in [-0.2, -0.15) is 0 Å². The lowest BCUT2D eigenvalue weighted by atomic mass is 9.85. The first-order valence-electron chi connectivity index (χ1n) is 10.3. The SMILES string of the molecule is COc1ccc(-c2coc3c4c(cc(O)c3c2=O)OC(=O)C[C@@H]4c2ccccc2)cc1OC. The molecule has 7 nitrogen and oxygen atoms in total. The van der Waals surface area contributed by atoms with Crippen molar-refractivity contribution >= 4 is 16.9 Å². The maximum absolute atomic E-state index is 13.5. The monoisotopic (exact) mass is 444 g/mol. The number of phenols is 1. The molecule has 0 radical (unpaired) electrons. The molecule has 1 aliphatic rings. The number of benzene rings is 3. The molecule has 7 heteroatoms. The van der Waals surface area contributed by atoms with Gasteiger partial charge >= 0.3 is 5.97 Å². The summed E-state index contributed by atoms with van der Waals surface area (Å²) in [6, 6.07) is 15.8. The van der Waals surface area contributed by atoms with Crippen molar-refractivity contribution in [3.63, 3.8) is 0 Å². The van der Waals surface area contributed by atoms with Crippen molar-refractivity contribution in [1.29, 1.82) is 0 Å². The van der Waals surface area contributed by atoms with E-state index in [1.807, 2.05) is 30.3 Å². The van der Waals surface area contributed by atoms with Crippen molar-refractivity contribution in [3.05, 3.63) is 82.2 Å². The van der Waals surface area contributed by atoms with Gasteiger partial charge in [0.15, 0.2) is 11.5 Å². The lowest BCUT2D eigenvalue weighted by Gasteiger charge is -2.26. The molecule has 0 fully saturated rings. The first-order chi connectivity index (χ1) is 16.0. The average molecular weight is 444 g/mol. The molecule has 3 aromatic carbocycles. The highest BCUT2D eigenvalue weighted by Gasteiger charge is 2.33. The predicted octanol–water partition coefficient (Wildman–Crippen LogP) is 4.62. The minimum atomic E-state index is -0.417. The zero-order chi connectivity index (χ0) is 23.1. The molecule has 5 rings (SSSR count). The van der Waals surface area contributed by atoms with Crippen LogP contribution >= 0.6 is 0 Å². The Hall–Kier alpha value is -4.26. The Morgan fingerprint density at radius 1 is 0.970 bits per heavy atom. The average Bonchev–Trinajstić information content (AvgIpc) is 2.83. The van der Waals surface area contributed by atoms with Crippen LogP contribution in [0.15, 0.2) is 70.1 Å². The number of fused-ring (bicyclic) bond motifs is 3. The molecule has 166 valence electrons. The zero-order valence-electron chi connectivity index (χ0n) is 18.0. The number of ether oxygens (including phenoxy) is 3. The van der Waals surface area contributed by atoms with Crippen LogP contribution in [0.3, 0.4) is 0 Å². The summed E-state index contributed by atoms with van der Waals surface area (Å²) in [6.07, 6.45) is 1.45. The zero-order valence-corrected chi connectivity index (χ0v) is 18.0. The molecule has 4 aromatic rings. The molecule has 0 saturated carbocycles. The number of rotatable bonds is 4. The molecule has 1 aromatic heterocycles. The summed E-state index contributed by atoms with van der Waals surface area (Å²) in [5.74, 6) is 0.0598. The Kier molecular flexibility index (Phi) is 5.01. The van der Waals surface area contributed by atoms with E-state index in [1.165, 1.54) is 26.5 Å². The van der Waals surface area contributed by atoms with Gasteiger partial charge in [-0.3, -0.25) is 9.59 Å². The third kappa shape index (κ3) is 3.38. The Labute approximate surface area is 188 Å². The summed E-state index contributed by atoms with van der Waals surface area (Å²) < 4.78 is 21.9. The number of hydrogen-bond acceptors (Lipinski definition) is 7. The van der Waals surface area contributed by atoms with Crippen LogP contribution in [0.4, 0.5) is 0 Å². The standard InChI is InChI=1S/C26H20O7/c1-30-19-9-8-15(10-20(19)31-2)17-13-32-26-23-16(14-6-4-3-5-7-14)11-22(28)33-21(23)12-18(27)24(26)25(17)29/h3-10,12-13,16,27H,11H2,1-2H3/t16-/m1/s1. The van der Waals surface area contributed by atoms with Crippen LogP contribution in [0.2, 0.25) is 0 Å². The van der Waals surface area contributed by atoms with Crippen LogP contribution in [-0.4, -0.2) is 25.3 Å². The molecule has 0 bridgehead atoms. The number of phenolic OH excluding ortho intramolecular Hbond substituents is 1. The highest BCUT2D eigenvalue weighted by atomic mass is 16.5. The molecule has 0 aliphatic carbocycles. The fraction of sp³-hybridized carbons (Fsp3) is 0.154. The molecule has 0 spiro atoms. The second kappa shape index (κ2) is 8.02. The van der Waals surface area contributed by atoms with Gasteiger partial charge in [0.2, 0.25) is 5.43 Å². The molecule has 0 amide bonds. The molecule has 2 heterocycles. The van der Waals surface area contributed by atoms with Crippen LogP contribution in [0.5, 0.6) is 23.0 Å². The Morgan fingerprint density at radius 2 is 1.73 bits per heavy atom. The molecule has 1 N–H and O–H groups in total. The highest BCUT2D eigenvalue weighted by molar-refractivity contribution is 5.94. The van der Waals surface area contributed by atoms with E-state index in [2.05, 4.69) is 0 Å².